The first-order valence-electron chi connectivity index (χ1n) is 14.2. The molecule has 1 aliphatic carbocycles. The lowest BCUT2D eigenvalue weighted by atomic mass is 9.78. The van der Waals surface area contributed by atoms with Gasteiger partial charge in [0.2, 0.25) is 0 Å². The van der Waals surface area contributed by atoms with Crippen molar-refractivity contribution in [1.82, 2.24) is 9.55 Å². The minimum Gasteiger partial charge on any atom is -0.458 e. The van der Waals surface area contributed by atoms with E-state index in [1.165, 1.54) is 6.07 Å². The predicted molar refractivity (Wildman–Crippen MR) is 150 cm³/mol. The Bertz CT molecular complexity index is 1760. The molecule has 220 valence electrons. The van der Waals surface area contributed by atoms with Gasteiger partial charge >= 0.3 is 11.9 Å². The lowest BCUT2D eigenvalue weighted by Gasteiger charge is -2.31. The summed E-state index contributed by atoms with van der Waals surface area (Å²) in [6.45, 7) is 3.62. The smallest absolute Gasteiger partial charge is 0.388 e. The van der Waals surface area contributed by atoms with E-state index >= 15 is 4.39 Å². The maximum atomic E-state index is 15.1. The van der Waals surface area contributed by atoms with Gasteiger partial charge in [0, 0.05) is 22.6 Å². The molecule has 0 spiro atoms. The van der Waals surface area contributed by atoms with Gasteiger partial charge in [0.15, 0.2) is 11.8 Å². The number of carbonyl (C=O) groups excluding carboxylic acids is 2. The molecule has 0 saturated heterocycles. The van der Waals surface area contributed by atoms with Crippen LogP contribution in [0.15, 0.2) is 16.9 Å². The van der Waals surface area contributed by atoms with Crippen LogP contribution in [-0.4, -0.2) is 69.3 Å². The molecule has 0 bridgehead atoms. The zero-order chi connectivity index (χ0) is 29.9. The van der Waals surface area contributed by atoms with Crippen LogP contribution in [0.25, 0.3) is 22.3 Å². The Hall–Kier alpha value is -3.80. The van der Waals surface area contributed by atoms with Crippen LogP contribution >= 0.6 is 0 Å². The molecule has 2 N–H and O–H groups in total. The molecule has 2 atom stereocenters. The topological polar surface area (TPSA) is 131 Å². The highest BCUT2D eigenvalue weighted by molar-refractivity contribution is 5.96. The minimum atomic E-state index is -1.95. The third kappa shape index (κ3) is 4.21. The number of cyclic esters (lactones) is 1. The molecule has 2 aliphatic heterocycles. The Labute approximate surface area is 241 Å². The molecule has 0 saturated carbocycles. The van der Waals surface area contributed by atoms with Crippen LogP contribution in [0.1, 0.15) is 65.5 Å². The number of amides is 1. The molecule has 42 heavy (non-hydrogen) atoms. The molecule has 1 unspecified atom stereocenters. The third-order valence-corrected chi connectivity index (χ3v) is 8.92. The van der Waals surface area contributed by atoms with E-state index in [1.807, 2.05) is 6.21 Å². The second-order valence-corrected chi connectivity index (χ2v) is 11.2. The molecule has 6 rings (SSSR count). The molecule has 1 amide bonds. The van der Waals surface area contributed by atoms with Crippen LogP contribution in [-0.2, 0) is 44.2 Å². The van der Waals surface area contributed by atoms with Gasteiger partial charge in [0.25, 0.3) is 5.56 Å². The second kappa shape index (κ2) is 10.5. The molecule has 1 aromatic carbocycles. The van der Waals surface area contributed by atoms with Crippen molar-refractivity contribution in [3.63, 3.8) is 0 Å². The summed E-state index contributed by atoms with van der Waals surface area (Å²) in [4.78, 5) is 44.0. The van der Waals surface area contributed by atoms with Gasteiger partial charge in [-0.05, 0) is 48.9 Å². The zero-order valence-electron chi connectivity index (χ0n) is 23.8. The molecular weight excluding hydrogens is 545 g/mol. The number of hydrogen-bond acceptors (Lipinski definition) is 8. The van der Waals surface area contributed by atoms with Crippen molar-refractivity contribution in [3.05, 3.63) is 61.7 Å². The number of aliphatic hydroxyl groups excluding tert-OH is 1. The average Bonchev–Trinajstić information content (AvgIpc) is 3.35. The molecule has 3 aromatic rings. The molecule has 2 aromatic heterocycles. The van der Waals surface area contributed by atoms with Crippen LogP contribution in [0.2, 0.25) is 0 Å². The Morgan fingerprint density at radius 3 is 2.81 bits per heavy atom. The lowest BCUT2D eigenvalue weighted by molar-refractivity contribution is -0.416. The SMILES string of the molecule is CC[C@@]1(O)C(=O)OCc2c1cc1n(c2=O)Cc2c-1nc1cc(F)c(C)c3c1c2C(/C=[N+](/C)C(=O)CCOCCO)CC3. The summed E-state index contributed by atoms with van der Waals surface area (Å²) in [5, 5.41) is 21.0. The van der Waals surface area contributed by atoms with Crippen LogP contribution in [0.3, 0.4) is 0 Å². The summed E-state index contributed by atoms with van der Waals surface area (Å²) in [5.74, 6) is -1.52. The quantitative estimate of drug-likeness (QED) is 0.148. The van der Waals surface area contributed by atoms with E-state index in [-0.39, 0.29) is 80.1 Å². The van der Waals surface area contributed by atoms with E-state index in [4.69, 9.17) is 19.6 Å². The van der Waals surface area contributed by atoms with Crippen molar-refractivity contribution in [1.29, 1.82) is 0 Å². The number of ether oxygens (including phenoxy) is 2. The molecule has 10 nitrogen and oxygen atoms in total. The molecule has 11 heteroatoms. The van der Waals surface area contributed by atoms with Crippen molar-refractivity contribution in [2.45, 2.75) is 64.2 Å². The van der Waals surface area contributed by atoms with E-state index in [2.05, 4.69) is 0 Å². The van der Waals surface area contributed by atoms with Crippen LogP contribution < -0.4 is 5.56 Å². The number of nitrogens with zero attached hydrogens (tertiary/aromatic N) is 3. The van der Waals surface area contributed by atoms with E-state index < -0.39 is 11.6 Å². The van der Waals surface area contributed by atoms with E-state index in [9.17, 15) is 19.5 Å². The van der Waals surface area contributed by atoms with Crippen molar-refractivity contribution < 1.29 is 38.2 Å². The van der Waals surface area contributed by atoms with Gasteiger partial charge in [0.05, 0.1) is 61.2 Å². The highest BCUT2D eigenvalue weighted by atomic mass is 19.1. The molecule has 4 heterocycles. The number of fused-ring (bicyclic) bond motifs is 5. The summed E-state index contributed by atoms with van der Waals surface area (Å²) in [6.07, 6.45) is 3.27. The lowest BCUT2D eigenvalue weighted by Crippen LogP contribution is -2.44. The van der Waals surface area contributed by atoms with Crippen molar-refractivity contribution in [3.8, 4) is 11.4 Å². The van der Waals surface area contributed by atoms with Gasteiger partial charge in [-0.15, -0.1) is 0 Å². The van der Waals surface area contributed by atoms with E-state index in [1.54, 1.807) is 36.1 Å². The fraction of sp³-hybridized carbons (Fsp3) is 0.452. The van der Waals surface area contributed by atoms with Crippen LogP contribution in [0.4, 0.5) is 4.39 Å². The fourth-order valence-electron chi connectivity index (χ4n) is 6.60. The monoisotopic (exact) mass is 578 g/mol. The van der Waals surface area contributed by atoms with Crippen molar-refractivity contribution in [2.24, 2.45) is 0 Å². The first-order valence-corrected chi connectivity index (χ1v) is 14.2. The summed E-state index contributed by atoms with van der Waals surface area (Å²) in [5.41, 5.74) is 2.65. The highest BCUT2D eigenvalue weighted by Crippen LogP contribution is 2.46. The van der Waals surface area contributed by atoms with Gasteiger partial charge in [-0.3, -0.25) is 4.79 Å². The maximum absolute atomic E-state index is 15.1. The van der Waals surface area contributed by atoms with Gasteiger partial charge < -0.3 is 24.3 Å². The third-order valence-electron chi connectivity index (χ3n) is 8.92. The highest BCUT2D eigenvalue weighted by Gasteiger charge is 2.46. The zero-order valence-corrected chi connectivity index (χ0v) is 23.8. The number of halogens is 1. The fourth-order valence-corrected chi connectivity index (χ4v) is 6.60. The summed E-state index contributed by atoms with van der Waals surface area (Å²) in [6, 6.07) is 3.06. The Morgan fingerprint density at radius 2 is 2.07 bits per heavy atom. The largest absolute Gasteiger partial charge is 0.458 e. The van der Waals surface area contributed by atoms with Crippen molar-refractivity contribution >= 4 is 29.0 Å². The van der Waals surface area contributed by atoms with Crippen LogP contribution in [0, 0.1) is 12.7 Å². The summed E-state index contributed by atoms with van der Waals surface area (Å²) in [7, 11) is 1.69. The minimum absolute atomic E-state index is 0.0290. The number of pyridine rings is 2. The van der Waals surface area contributed by atoms with Crippen LogP contribution in [0.5, 0.6) is 0 Å². The molecule has 0 fully saturated rings. The molecule has 0 radical (unpaired) electrons. The second-order valence-electron chi connectivity index (χ2n) is 11.2. The number of esters is 1. The predicted octanol–water partition coefficient (Wildman–Crippen LogP) is 2.20. The van der Waals surface area contributed by atoms with Gasteiger partial charge in [-0.2, -0.15) is 4.58 Å². The van der Waals surface area contributed by atoms with Gasteiger partial charge in [0.1, 0.15) is 19.5 Å². The van der Waals surface area contributed by atoms with E-state index in [0.29, 0.717) is 35.3 Å². The Morgan fingerprint density at radius 1 is 1.29 bits per heavy atom. The number of aromatic nitrogens is 2. The van der Waals surface area contributed by atoms with E-state index in [0.717, 1.165) is 22.1 Å². The first-order chi connectivity index (χ1) is 20.1. The molecule has 3 aliphatic rings. The Kier molecular flexibility index (Phi) is 7.07. The standard InChI is InChI=1S/C31H33FN3O7/c1-4-31(40)21-11-24-28-19(14-35(24)29(38)20(21)15-42-30(31)39)26-17(13-34(3)25(37)7-9-41-10-8-36)5-6-18-16(2)22(32)12-23(33-28)27(18)26/h11-13,17,36,40H,4-10,14-15H2,1-3H3/q+1/b34-13-/t17?,31-/m0/s1. The number of aliphatic hydroxyl groups is 2. The number of hydrogen-bond donors (Lipinski definition) is 2. The number of aryl methyl sites for hydroxylation is 1. The number of benzene rings is 1. The van der Waals surface area contributed by atoms with Gasteiger partial charge in [-0.1, -0.05) is 6.92 Å². The Balaban J connectivity index is 1.53. The summed E-state index contributed by atoms with van der Waals surface area (Å²) < 4.78 is 28.7. The summed E-state index contributed by atoms with van der Waals surface area (Å²) >= 11 is 0. The van der Waals surface area contributed by atoms with Crippen molar-refractivity contribution in [2.75, 3.05) is 26.9 Å². The number of carbonyl (C=O) groups is 2. The normalized spacial score (nSPS) is 20.8. The average molecular weight is 579 g/mol. The number of rotatable bonds is 7. The van der Waals surface area contributed by atoms with Gasteiger partial charge in [-0.25, -0.2) is 19.0 Å². The first kappa shape index (κ1) is 28.3. The maximum Gasteiger partial charge on any atom is 0.388 e. The molecular formula is C31H33FN3O7+.